The van der Waals surface area contributed by atoms with Crippen molar-refractivity contribution in [2.75, 3.05) is 0 Å². The smallest absolute Gasteiger partial charge is 0.286 e. The molecular formula is C24H26N4O4S. The summed E-state index contributed by atoms with van der Waals surface area (Å²) in [6, 6.07) is 16.3. The van der Waals surface area contributed by atoms with Crippen LogP contribution in [0.3, 0.4) is 0 Å². The summed E-state index contributed by atoms with van der Waals surface area (Å²) in [7, 11) is -3.86. The van der Waals surface area contributed by atoms with Crippen LogP contribution in [-0.2, 0) is 14.8 Å². The molecule has 0 bridgehead atoms. The number of aromatic nitrogens is 1. The highest BCUT2D eigenvalue weighted by atomic mass is 32.2. The molecule has 1 aliphatic carbocycles. The zero-order valence-electron chi connectivity index (χ0n) is 18.0. The second kappa shape index (κ2) is 8.64. The minimum Gasteiger partial charge on any atom is -0.350 e. The predicted molar refractivity (Wildman–Crippen MR) is 124 cm³/mol. The van der Waals surface area contributed by atoms with Crippen molar-refractivity contribution in [1.82, 2.24) is 20.1 Å². The molecule has 33 heavy (non-hydrogen) atoms. The van der Waals surface area contributed by atoms with Gasteiger partial charge in [0.1, 0.15) is 11.7 Å². The minimum absolute atomic E-state index is 0.136. The fourth-order valence-electron chi connectivity index (χ4n) is 5.17. The van der Waals surface area contributed by atoms with Gasteiger partial charge < -0.3 is 4.98 Å². The van der Waals surface area contributed by atoms with Crippen LogP contribution in [0.4, 0.5) is 0 Å². The average molecular weight is 467 g/mol. The Labute approximate surface area is 192 Å². The van der Waals surface area contributed by atoms with Gasteiger partial charge in [-0.3, -0.25) is 20.4 Å². The van der Waals surface area contributed by atoms with Crippen molar-refractivity contribution in [2.45, 2.75) is 49.1 Å². The summed E-state index contributed by atoms with van der Waals surface area (Å²) in [5.41, 5.74) is 6.03. The van der Waals surface area contributed by atoms with Crippen LogP contribution >= 0.6 is 0 Å². The summed E-state index contributed by atoms with van der Waals surface area (Å²) >= 11 is 0. The van der Waals surface area contributed by atoms with E-state index in [1.165, 1.54) is 4.31 Å². The van der Waals surface area contributed by atoms with Gasteiger partial charge in [-0.15, -0.1) is 0 Å². The largest absolute Gasteiger partial charge is 0.350 e. The quantitative estimate of drug-likeness (QED) is 0.513. The summed E-state index contributed by atoms with van der Waals surface area (Å²) in [6.45, 7) is 0. The number of hydrazine groups is 1. The van der Waals surface area contributed by atoms with Gasteiger partial charge in [-0.2, -0.15) is 4.31 Å². The molecule has 2 amide bonds. The molecule has 8 nitrogen and oxygen atoms in total. The van der Waals surface area contributed by atoms with Gasteiger partial charge in [-0.25, -0.2) is 8.42 Å². The molecule has 9 heteroatoms. The van der Waals surface area contributed by atoms with Gasteiger partial charge in [-0.1, -0.05) is 49.2 Å². The minimum atomic E-state index is -3.86. The van der Waals surface area contributed by atoms with Gasteiger partial charge >= 0.3 is 0 Å². The van der Waals surface area contributed by atoms with E-state index >= 15 is 0 Å². The Hall–Kier alpha value is -3.17. The van der Waals surface area contributed by atoms with Crippen LogP contribution in [0.1, 0.15) is 42.6 Å². The SMILES string of the molecule is O=C(NNC(=O)C1CC2CCCCC2N1S(=O)(=O)c1ccccc1)c1cc2ccccc2[nH]1. The van der Waals surface area contributed by atoms with E-state index in [0.29, 0.717) is 12.1 Å². The molecule has 2 aromatic carbocycles. The summed E-state index contributed by atoms with van der Waals surface area (Å²) in [4.78, 5) is 28.9. The molecule has 3 unspecified atom stereocenters. The van der Waals surface area contributed by atoms with Gasteiger partial charge in [0, 0.05) is 16.9 Å². The highest BCUT2D eigenvalue weighted by molar-refractivity contribution is 7.89. The molecule has 3 N–H and O–H groups in total. The third-order valence-corrected chi connectivity index (χ3v) is 8.67. The molecule has 172 valence electrons. The first kappa shape index (κ1) is 21.7. The van der Waals surface area contributed by atoms with E-state index in [-0.39, 0.29) is 16.9 Å². The molecule has 0 radical (unpaired) electrons. The normalized spacial score (nSPS) is 23.2. The number of H-pyrrole nitrogens is 1. The Kier molecular flexibility index (Phi) is 5.67. The van der Waals surface area contributed by atoms with E-state index in [9.17, 15) is 18.0 Å². The zero-order chi connectivity index (χ0) is 23.0. The number of nitrogens with one attached hydrogen (secondary N) is 3. The maximum absolute atomic E-state index is 13.5. The lowest BCUT2D eigenvalue weighted by Gasteiger charge is -2.32. The van der Waals surface area contributed by atoms with Crippen LogP contribution in [0.5, 0.6) is 0 Å². The lowest BCUT2D eigenvalue weighted by Crippen LogP contribution is -2.53. The second-order valence-corrected chi connectivity index (χ2v) is 10.6. The Morgan fingerprint density at radius 1 is 0.939 bits per heavy atom. The number of hydrogen-bond acceptors (Lipinski definition) is 4. The lowest BCUT2D eigenvalue weighted by atomic mass is 9.85. The highest BCUT2D eigenvalue weighted by Crippen LogP contribution is 2.42. The molecular weight excluding hydrogens is 440 g/mol. The van der Waals surface area contributed by atoms with Crippen molar-refractivity contribution >= 4 is 32.7 Å². The third kappa shape index (κ3) is 4.02. The molecule has 3 aromatic rings. The van der Waals surface area contributed by atoms with Crippen LogP contribution in [0.25, 0.3) is 10.9 Å². The molecule has 3 atom stereocenters. The van der Waals surface area contributed by atoms with Gasteiger partial charge in [0.25, 0.3) is 11.8 Å². The molecule has 1 aromatic heterocycles. The maximum Gasteiger partial charge on any atom is 0.286 e. The number of fused-ring (bicyclic) bond motifs is 2. The molecule has 1 saturated carbocycles. The van der Waals surface area contributed by atoms with E-state index in [0.717, 1.165) is 36.6 Å². The van der Waals surface area contributed by atoms with Crippen LogP contribution in [0, 0.1) is 5.92 Å². The summed E-state index contributed by atoms with van der Waals surface area (Å²) < 4.78 is 28.4. The van der Waals surface area contributed by atoms with Gasteiger partial charge in [0.2, 0.25) is 10.0 Å². The second-order valence-electron chi connectivity index (χ2n) is 8.73. The van der Waals surface area contributed by atoms with Crippen molar-refractivity contribution in [1.29, 1.82) is 0 Å². The van der Waals surface area contributed by atoms with E-state index < -0.39 is 27.9 Å². The number of carbonyl (C=O) groups is 2. The first-order chi connectivity index (χ1) is 15.9. The number of sulfonamides is 1. The Morgan fingerprint density at radius 2 is 1.67 bits per heavy atom. The standard InChI is InChI=1S/C24H26N4O4S/c29-23(20-14-16-8-4-6-12-19(16)25-20)26-27-24(30)22-15-17-9-5-7-13-21(17)28(22)33(31,32)18-10-2-1-3-11-18/h1-4,6,8,10-12,14,17,21-22,25H,5,7,9,13,15H2,(H,26,29)(H,27,30). The fraction of sp³-hybridized carbons (Fsp3) is 0.333. The summed E-state index contributed by atoms with van der Waals surface area (Å²) in [6.07, 6.45) is 4.06. The first-order valence-electron chi connectivity index (χ1n) is 11.2. The first-order valence-corrected chi connectivity index (χ1v) is 12.7. The molecule has 5 rings (SSSR count). The number of para-hydroxylation sites is 1. The monoisotopic (exact) mass is 466 g/mol. The molecule has 1 saturated heterocycles. The van der Waals surface area contributed by atoms with E-state index in [1.807, 2.05) is 24.3 Å². The molecule has 1 aliphatic heterocycles. The Morgan fingerprint density at radius 3 is 2.45 bits per heavy atom. The maximum atomic E-state index is 13.5. The van der Waals surface area contributed by atoms with Crippen molar-refractivity contribution in [3.8, 4) is 0 Å². The summed E-state index contributed by atoms with van der Waals surface area (Å²) in [5.74, 6) is -0.877. The summed E-state index contributed by atoms with van der Waals surface area (Å²) in [5, 5.41) is 0.883. The number of amides is 2. The number of nitrogens with zero attached hydrogens (tertiary/aromatic N) is 1. The van der Waals surface area contributed by atoms with Gasteiger partial charge in [0.05, 0.1) is 4.90 Å². The number of carbonyl (C=O) groups excluding carboxylic acids is 2. The number of rotatable bonds is 4. The van der Waals surface area contributed by atoms with Crippen molar-refractivity contribution in [3.05, 3.63) is 66.4 Å². The van der Waals surface area contributed by atoms with Crippen LogP contribution in [-0.4, -0.2) is 41.6 Å². The van der Waals surface area contributed by atoms with Crippen LogP contribution in [0.2, 0.25) is 0 Å². The zero-order valence-corrected chi connectivity index (χ0v) is 18.8. The van der Waals surface area contributed by atoms with E-state index in [4.69, 9.17) is 0 Å². The average Bonchev–Trinajstić information content (AvgIpc) is 3.45. The van der Waals surface area contributed by atoms with E-state index in [2.05, 4.69) is 15.8 Å². The van der Waals surface area contributed by atoms with Crippen molar-refractivity contribution in [2.24, 2.45) is 5.92 Å². The number of hydrogen-bond donors (Lipinski definition) is 3. The van der Waals surface area contributed by atoms with Gasteiger partial charge in [0.15, 0.2) is 0 Å². The van der Waals surface area contributed by atoms with Crippen LogP contribution in [0.15, 0.2) is 65.6 Å². The molecule has 2 fully saturated rings. The molecule has 2 heterocycles. The number of aromatic amines is 1. The van der Waals surface area contributed by atoms with Crippen molar-refractivity contribution < 1.29 is 18.0 Å². The Bertz CT molecular complexity index is 1260. The van der Waals surface area contributed by atoms with Crippen LogP contribution < -0.4 is 10.9 Å². The van der Waals surface area contributed by atoms with Gasteiger partial charge in [-0.05, 0) is 49.4 Å². The van der Waals surface area contributed by atoms with Crippen molar-refractivity contribution in [3.63, 3.8) is 0 Å². The third-order valence-electron chi connectivity index (χ3n) is 6.72. The van der Waals surface area contributed by atoms with E-state index in [1.54, 1.807) is 36.4 Å². The highest BCUT2D eigenvalue weighted by Gasteiger charge is 2.51. The topological polar surface area (TPSA) is 111 Å². The predicted octanol–water partition coefficient (Wildman–Crippen LogP) is 2.95. The molecule has 0 spiro atoms. The Balaban J connectivity index is 1.35. The number of benzene rings is 2. The fourth-order valence-corrected chi connectivity index (χ4v) is 7.06. The molecule has 2 aliphatic rings. The lowest BCUT2D eigenvalue weighted by molar-refractivity contribution is -0.125.